The summed E-state index contributed by atoms with van der Waals surface area (Å²) in [5, 5.41) is 0. The zero-order valence-corrected chi connectivity index (χ0v) is 6.96. The Morgan fingerprint density at radius 1 is 1.78 bits per heavy atom. The molecule has 0 amide bonds. The van der Waals surface area contributed by atoms with Gasteiger partial charge in [0.1, 0.15) is 12.7 Å². The maximum Gasteiger partial charge on any atom is 0.332 e. The summed E-state index contributed by atoms with van der Waals surface area (Å²) in [6.07, 6.45) is -0.0214. The van der Waals surface area contributed by atoms with E-state index in [9.17, 15) is 4.79 Å². The van der Waals surface area contributed by atoms with Gasteiger partial charge in [0.05, 0.1) is 6.61 Å². The van der Waals surface area contributed by atoms with Gasteiger partial charge in [-0.05, 0) is 0 Å². The monoisotopic (exact) mass is 242 g/mol. The van der Waals surface area contributed by atoms with E-state index in [4.69, 9.17) is 9.47 Å². The minimum Gasteiger partial charge on any atom is -0.457 e. The molecule has 0 spiro atoms. The van der Waals surface area contributed by atoms with Gasteiger partial charge in [0, 0.05) is 4.43 Å². The Hall–Kier alpha value is 0.160. The van der Waals surface area contributed by atoms with Crippen molar-refractivity contribution in [2.24, 2.45) is 0 Å². The van der Waals surface area contributed by atoms with Gasteiger partial charge in [0.25, 0.3) is 0 Å². The van der Waals surface area contributed by atoms with Gasteiger partial charge in [-0.2, -0.15) is 0 Å². The molecule has 1 rings (SSSR count). The third-order valence-corrected chi connectivity index (χ3v) is 1.98. The van der Waals surface area contributed by atoms with Crippen molar-refractivity contribution in [1.82, 2.24) is 0 Å². The summed E-state index contributed by atoms with van der Waals surface area (Å²) >= 11 is 2.16. The smallest absolute Gasteiger partial charge is 0.332 e. The van der Waals surface area contributed by atoms with Gasteiger partial charge >= 0.3 is 5.97 Å². The van der Waals surface area contributed by atoms with E-state index in [-0.39, 0.29) is 18.7 Å². The normalized spacial score (nSPS) is 27.7. The Balaban J connectivity index is 2.32. The SMILES string of the molecule is O=C1COC[C@H](CI)O1. The van der Waals surface area contributed by atoms with Crippen LogP contribution >= 0.6 is 22.6 Å². The van der Waals surface area contributed by atoms with Crippen molar-refractivity contribution in [3.63, 3.8) is 0 Å². The standard InChI is InChI=1S/C5H7IO3/c6-1-4-2-8-3-5(7)9-4/h4H,1-3H2/t4-/m0/s1. The lowest BCUT2D eigenvalue weighted by atomic mass is 10.4. The second-order valence-corrected chi connectivity index (χ2v) is 2.66. The number of ether oxygens (including phenoxy) is 2. The average Bonchev–Trinajstić information content (AvgIpc) is 1.88. The molecule has 0 unspecified atom stereocenters. The van der Waals surface area contributed by atoms with Gasteiger partial charge in [-0.1, -0.05) is 22.6 Å². The van der Waals surface area contributed by atoms with Crippen LogP contribution in [0.2, 0.25) is 0 Å². The molecule has 52 valence electrons. The molecule has 0 radical (unpaired) electrons. The predicted molar refractivity (Wildman–Crippen MR) is 39.6 cm³/mol. The molecule has 0 aromatic heterocycles. The molecule has 9 heavy (non-hydrogen) atoms. The van der Waals surface area contributed by atoms with Crippen LogP contribution in [0.3, 0.4) is 0 Å². The van der Waals surface area contributed by atoms with Gasteiger partial charge in [-0.3, -0.25) is 0 Å². The van der Waals surface area contributed by atoms with E-state index in [0.29, 0.717) is 6.61 Å². The fourth-order valence-electron chi connectivity index (χ4n) is 0.604. The second kappa shape index (κ2) is 3.36. The summed E-state index contributed by atoms with van der Waals surface area (Å²) in [7, 11) is 0. The van der Waals surface area contributed by atoms with Crippen molar-refractivity contribution < 1.29 is 14.3 Å². The quantitative estimate of drug-likeness (QED) is 0.378. The highest BCUT2D eigenvalue weighted by Crippen LogP contribution is 2.04. The van der Waals surface area contributed by atoms with Crippen LogP contribution in [0.25, 0.3) is 0 Å². The molecule has 4 heteroatoms. The lowest BCUT2D eigenvalue weighted by Crippen LogP contribution is -2.33. The first-order valence-electron chi connectivity index (χ1n) is 2.66. The van der Waals surface area contributed by atoms with E-state index in [1.165, 1.54) is 0 Å². The van der Waals surface area contributed by atoms with E-state index in [0.717, 1.165) is 4.43 Å². The van der Waals surface area contributed by atoms with Crippen LogP contribution in [-0.4, -0.2) is 29.7 Å². The minimum atomic E-state index is -0.247. The molecular formula is C5H7IO3. The molecule has 0 bridgehead atoms. The summed E-state index contributed by atoms with van der Waals surface area (Å²) in [5.41, 5.74) is 0. The lowest BCUT2D eigenvalue weighted by molar-refractivity contribution is -0.167. The highest BCUT2D eigenvalue weighted by molar-refractivity contribution is 14.1. The van der Waals surface area contributed by atoms with Crippen molar-refractivity contribution in [2.45, 2.75) is 6.10 Å². The van der Waals surface area contributed by atoms with Crippen LogP contribution in [0.4, 0.5) is 0 Å². The third-order valence-electron chi connectivity index (χ3n) is 0.994. The molecule has 3 nitrogen and oxygen atoms in total. The zero-order chi connectivity index (χ0) is 6.69. The van der Waals surface area contributed by atoms with Gasteiger partial charge in [-0.15, -0.1) is 0 Å². The molecule has 1 aliphatic heterocycles. The van der Waals surface area contributed by atoms with Gasteiger partial charge in [0.2, 0.25) is 0 Å². The molecule has 0 saturated carbocycles. The molecular weight excluding hydrogens is 235 g/mol. The number of hydrogen-bond acceptors (Lipinski definition) is 3. The average molecular weight is 242 g/mol. The molecule has 1 heterocycles. The largest absolute Gasteiger partial charge is 0.457 e. The van der Waals surface area contributed by atoms with Crippen molar-refractivity contribution in [2.75, 3.05) is 17.6 Å². The molecule has 0 N–H and O–H groups in total. The summed E-state index contributed by atoms with van der Waals surface area (Å²) in [6.45, 7) is 0.668. The number of rotatable bonds is 1. The van der Waals surface area contributed by atoms with Crippen LogP contribution in [0, 0.1) is 0 Å². The molecule has 0 aromatic rings. The predicted octanol–water partition coefficient (Wildman–Crippen LogP) is 0.363. The van der Waals surface area contributed by atoms with Crippen LogP contribution < -0.4 is 0 Å². The summed E-state index contributed by atoms with van der Waals surface area (Å²) in [5.74, 6) is -0.247. The number of esters is 1. The number of hydrogen-bond donors (Lipinski definition) is 0. The van der Waals surface area contributed by atoms with Crippen molar-refractivity contribution in [3.8, 4) is 0 Å². The maximum atomic E-state index is 10.5. The Bertz CT molecular complexity index is 115. The molecule has 1 atom stereocenters. The van der Waals surface area contributed by atoms with E-state index in [1.54, 1.807) is 0 Å². The van der Waals surface area contributed by atoms with E-state index < -0.39 is 0 Å². The zero-order valence-electron chi connectivity index (χ0n) is 4.80. The van der Waals surface area contributed by atoms with Crippen molar-refractivity contribution >= 4 is 28.6 Å². The van der Waals surface area contributed by atoms with Crippen molar-refractivity contribution in [3.05, 3.63) is 0 Å². The number of halogens is 1. The van der Waals surface area contributed by atoms with E-state index in [2.05, 4.69) is 22.6 Å². The number of carbonyl (C=O) groups excluding carboxylic acids is 1. The minimum absolute atomic E-state index is 0.0214. The van der Waals surface area contributed by atoms with Crippen LogP contribution in [0.15, 0.2) is 0 Å². The molecule has 0 aliphatic carbocycles. The van der Waals surface area contributed by atoms with Gasteiger partial charge in [0.15, 0.2) is 0 Å². The first-order valence-corrected chi connectivity index (χ1v) is 4.18. The Morgan fingerprint density at radius 3 is 3.00 bits per heavy atom. The van der Waals surface area contributed by atoms with Gasteiger partial charge in [-0.25, -0.2) is 4.79 Å². The first kappa shape index (κ1) is 7.27. The fourth-order valence-corrected chi connectivity index (χ4v) is 1.04. The highest BCUT2D eigenvalue weighted by Gasteiger charge is 2.18. The van der Waals surface area contributed by atoms with Crippen LogP contribution in [0.5, 0.6) is 0 Å². The third kappa shape index (κ3) is 2.09. The first-order chi connectivity index (χ1) is 4.33. The highest BCUT2D eigenvalue weighted by atomic mass is 127. The van der Waals surface area contributed by atoms with E-state index >= 15 is 0 Å². The topological polar surface area (TPSA) is 35.5 Å². The fraction of sp³-hybridized carbons (Fsp3) is 0.800. The molecule has 0 aromatic carbocycles. The molecule has 1 fully saturated rings. The van der Waals surface area contributed by atoms with Crippen LogP contribution in [0.1, 0.15) is 0 Å². The Kier molecular flexibility index (Phi) is 2.71. The van der Waals surface area contributed by atoms with E-state index in [1.807, 2.05) is 0 Å². The summed E-state index contributed by atoms with van der Waals surface area (Å²) in [6, 6.07) is 0. The maximum absolute atomic E-state index is 10.5. The Labute approximate surface area is 66.8 Å². The van der Waals surface area contributed by atoms with Gasteiger partial charge < -0.3 is 9.47 Å². The number of alkyl halides is 1. The number of cyclic esters (lactones) is 1. The Morgan fingerprint density at radius 2 is 2.56 bits per heavy atom. The van der Waals surface area contributed by atoms with Crippen molar-refractivity contribution in [1.29, 1.82) is 0 Å². The van der Waals surface area contributed by atoms with Crippen LogP contribution in [-0.2, 0) is 14.3 Å². The number of carbonyl (C=O) groups is 1. The molecule has 1 aliphatic rings. The molecule has 1 saturated heterocycles. The second-order valence-electron chi connectivity index (χ2n) is 1.78. The summed E-state index contributed by atoms with van der Waals surface area (Å²) in [4.78, 5) is 10.5. The summed E-state index contributed by atoms with van der Waals surface area (Å²) < 4.78 is 10.6. The lowest BCUT2D eigenvalue weighted by Gasteiger charge is -2.19.